The summed E-state index contributed by atoms with van der Waals surface area (Å²) in [5.74, 6) is 0. The number of hydrogen-bond acceptors (Lipinski definition) is 4. The normalized spacial score (nSPS) is 19.2. The number of likely N-dealkylation sites (N-methyl/N-ethyl adjacent to an activating group) is 1. The van der Waals surface area contributed by atoms with Gasteiger partial charge in [0.2, 0.25) is 0 Å². The molecule has 5 nitrogen and oxygen atoms in total. The van der Waals surface area contributed by atoms with Gasteiger partial charge in [-0.2, -0.15) is 0 Å². The monoisotopic (exact) mass is 361 g/mol. The Morgan fingerprint density at radius 1 is 1.61 bits per heavy atom. The number of rotatable bonds is 4. The minimum absolute atomic E-state index is 0.184. The topological polar surface area (TPSA) is 58.4 Å². The summed E-state index contributed by atoms with van der Waals surface area (Å²) in [7, 11) is 1.95. The van der Waals surface area contributed by atoms with E-state index in [2.05, 4.69) is 10.2 Å². The number of benzene rings is 1. The molecule has 1 aromatic rings. The highest BCUT2D eigenvalue weighted by atomic mass is 127. The van der Waals surface area contributed by atoms with Crippen LogP contribution in [-0.4, -0.2) is 31.1 Å². The summed E-state index contributed by atoms with van der Waals surface area (Å²) in [6.45, 7) is 1.98. The van der Waals surface area contributed by atoms with Gasteiger partial charge in [-0.05, 0) is 54.6 Å². The zero-order valence-corrected chi connectivity index (χ0v) is 12.4. The van der Waals surface area contributed by atoms with E-state index < -0.39 is 0 Å². The molecule has 1 fully saturated rings. The Hall–Kier alpha value is -0.890. The standard InChI is InChI=1S/C12H16IN3O2/c1-14-8-10-3-2-6-15(10)9-4-5-12(16(17)18)11(13)7-9/h4-5,7,10,14H,2-3,6,8H2,1H3. The van der Waals surface area contributed by atoms with Gasteiger partial charge < -0.3 is 10.2 Å². The van der Waals surface area contributed by atoms with Gasteiger partial charge in [-0.1, -0.05) is 0 Å². The summed E-state index contributed by atoms with van der Waals surface area (Å²) in [5.41, 5.74) is 1.27. The quantitative estimate of drug-likeness (QED) is 0.508. The molecule has 1 atom stereocenters. The fourth-order valence-electron chi connectivity index (χ4n) is 2.45. The maximum atomic E-state index is 10.8. The lowest BCUT2D eigenvalue weighted by Crippen LogP contribution is -2.36. The lowest BCUT2D eigenvalue weighted by molar-refractivity contribution is -0.385. The molecule has 98 valence electrons. The molecule has 1 N–H and O–H groups in total. The summed E-state index contributed by atoms with van der Waals surface area (Å²) in [6, 6.07) is 5.86. The van der Waals surface area contributed by atoms with Gasteiger partial charge in [0.15, 0.2) is 0 Å². The van der Waals surface area contributed by atoms with E-state index >= 15 is 0 Å². The van der Waals surface area contributed by atoms with Gasteiger partial charge in [0, 0.05) is 30.9 Å². The van der Waals surface area contributed by atoms with Gasteiger partial charge >= 0.3 is 0 Å². The molecule has 1 heterocycles. The van der Waals surface area contributed by atoms with Crippen LogP contribution in [0.15, 0.2) is 18.2 Å². The summed E-state index contributed by atoms with van der Waals surface area (Å²) < 4.78 is 0.699. The van der Waals surface area contributed by atoms with Gasteiger partial charge in [-0.3, -0.25) is 10.1 Å². The van der Waals surface area contributed by atoms with Gasteiger partial charge in [-0.25, -0.2) is 0 Å². The third-order valence-corrected chi connectivity index (χ3v) is 4.14. The van der Waals surface area contributed by atoms with Crippen LogP contribution in [0.25, 0.3) is 0 Å². The second-order valence-corrected chi connectivity index (χ2v) is 5.60. The Kier molecular flexibility index (Phi) is 4.39. The van der Waals surface area contributed by atoms with Crippen molar-refractivity contribution in [2.24, 2.45) is 0 Å². The van der Waals surface area contributed by atoms with Gasteiger partial charge in [-0.15, -0.1) is 0 Å². The fraction of sp³-hybridized carbons (Fsp3) is 0.500. The van der Waals surface area contributed by atoms with Crippen molar-refractivity contribution in [2.45, 2.75) is 18.9 Å². The average Bonchev–Trinajstić information content (AvgIpc) is 2.77. The van der Waals surface area contributed by atoms with Crippen molar-refractivity contribution < 1.29 is 4.92 Å². The molecule has 1 aliphatic rings. The molecule has 0 amide bonds. The second-order valence-electron chi connectivity index (χ2n) is 4.44. The van der Waals surface area contributed by atoms with Crippen molar-refractivity contribution in [3.8, 4) is 0 Å². The van der Waals surface area contributed by atoms with Crippen molar-refractivity contribution in [1.29, 1.82) is 0 Å². The average molecular weight is 361 g/mol. The number of nitro benzene ring substituents is 1. The van der Waals surface area contributed by atoms with Crippen LogP contribution in [0.1, 0.15) is 12.8 Å². The molecule has 0 aromatic heterocycles. The predicted molar refractivity (Wildman–Crippen MR) is 80.1 cm³/mol. The molecule has 0 saturated carbocycles. The number of nitrogens with one attached hydrogen (secondary N) is 1. The molecule has 0 bridgehead atoms. The van der Waals surface area contributed by atoms with Crippen molar-refractivity contribution in [3.63, 3.8) is 0 Å². The van der Waals surface area contributed by atoms with Crippen molar-refractivity contribution in [3.05, 3.63) is 31.9 Å². The van der Waals surface area contributed by atoms with E-state index in [0.717, 1.165) is 18.8 Å². The molecule has 1 aromatic carbocycles. The Labute approximate surface area is 120 Å². The summed E-state index contributed by atoms with van der Waals surface area (Å²) >= 11 is 2.03. The lowest BCUT2D eigenvalue weighted by Gasteiger charge is -2.26. The third-order valence-electron chi connectivity index (χ3n) is 3.28. The van der Waals surface area contributed by atoms with E-state index in [9.17, 15) is 10.1 Å². The maximum absolute atomic E-state index is 10.8. The Morgan fingerprint density at radius 2 is 2.39 bits per heavy atom. The van der Waals surface area contributed by atoms with Gasteiger partial charge in [0.1, 0.15) is 0 Å². The van der Waals surface area contributed by atoms with E-state index in [0.29, 0.717) is 9.61 Å². The van der Waals surface area contributed by atoms with Crippen LogP contribution in [0.5, 0.6) is 0 Å². The number of halogens is 1. The van der Waals surface area contributed by atoms with E-state index in [1.807, 2.05) is 41.8 Å². The third kappa shape index (κ3) is 2.74. The predicted octanol–water partition coefficient (Wildman–Crippen LogP) is 2.39. The lowest BCUT2D eigenvalue weighted by atomic mass is 10.2. The molecular formula is C12H16IN3O2. The summed E-state index contributed by atoms with van der Waals surface area (Å²) in [4.78, 5) is 12.8. The Morgan fingerprint density at radius 3 is 3.00 bits per heavy atom. The highest BCUT2D eigenvalue weighted by molar-refractivity contribution is 14.1. The van der Waals surface area contributed by atoms with Crippen LogP contribution in [0.4, 0.5) is 11.4 Å². The molecule has 1 unspecified atom stereocenters. The summed E-state index contributed by atoms with van der Waals surface area (Å²) in [5, 5.41) is 14.0. The number of anilines is 1. The van der Waals surface area contributed by atoms with E-state index in [4.69, 9.17) is 0 Å². The Balaban J connectivity index is 2.23. The van der Waals surface area contributed by atoms with E-state index in [1.165, 1.54) is 12.8 Å². The van der Waals surface area contributed by atoms with Crippen molar-refractivity contribution in [2.75, 3.05) is 25.0 Å². The first-order chi connectivity index (χ1) is 8.63. The van der Waals surface area contributed by atoms with Gasteiger partial charge in [0.05, 0.1) is 8.49 Å². The Bertz CT molecular complexity index is 453. The van der Waals surface area contributed by atoms with Crippen LogP contribution >= 0.6 is 22.6 Å². The van der Waals surface area contributed by atoms with E-state index in [1.54, 1.807) is 6.07 Å². The van der Waals surface area contributed by atoms with Gasteiger partial charge in [0.25, 0.3) is 5.69 Å². The molecular weight excluding hydrogens is 345 g/mol. The minimum Gasteiger partial charge on any atom is -0.367 e. The maximum Gasteiger partial charge on any atom is 0.282 e. The molecule has 18 heavy (non-hydrogen) atoms. The van der Waals surface area contributed by atoms with Crippen LogP contribution < -0.4 is 10.2 Å². The molecule has 0 radical (unpaired) electrons. The smallest absolute Gasteiger partial charge is 0.282 e. The minimum atomic E-state index is -0.333. The number of hydrogen-bond donors (Lipinski definition) is 1. The molecule has 6 heteroatoms. The zero-order chi connectivity index (χ0) is 13.1. The zero-order valence-electron chi connectivity index (χ0n) is 10.2. The highest BCUT2D eigenvalue weighted by Gasteiger charge is 2.25. The SMILES string of the molecule is CNCC1CCCN1c1ccc([N+](=O)[O-])c(I)c1. The first-order valence-corrected chi connectivity index (χ1v) is 7.06. The fourth-order valence-corrected chi connectivity index (χ4v) is 3.14. The van der Waals surface area contributed by atoms with Crippen LogP contribution in [-0.2, 0) is 0 Å². The van der Waals surface area contributed by atoms with E-state index in [-0.39, 0.29) is 10.6 Å². The summed E-state index contributed by atoms with van der Waals surface area (Å²) in [6.07, 6.45) is 2.36. The first-order valence-electron chi connectivity index (χ1n) is 5.98. The molecule has 0 spiro atoms. The first kappa shape index (κ1) is 13.5. The molecule has 0 aliphatic carbocycles. The van der Waals surface area contributed by atoms with Crippen molar-refractivity contribution in [1.82, 2.24) is 5.32 Å². The number of nitro groups is 1. The van der Waals surface area contributed by atoms with Crippen LogP contribution in [0, 0.1) is 13.7 Å². The largest absolute Gasteiger partial charge is 0.367 e. The second kappa shape index (κ2) is 5.83. The highest BCUT2D eigenvalue weighted by Crippen LogP contribution is 2.30. The van der Waals surface area contributed by atoms with Crippen LogP contribution in [0.2, 0.25) is 0 Å². The molecule has 1 saturated heterocycles. The molecule has 1 aliphatic heterocycles. The van der Waals surface area contributed by atoms with Crippen LogP contribution in [0.3, 0.4) is 0 Å². The number of nitrogens with zero attached hydrogens (tertiary/aromatic N) is 2. The molecule has 2 rings (SSSR count). The van der Waals surface area contributed by atoms with Crippen molar-refractivity contribution >= 4 is 34.0 Å².